The zero-order chi connectivity index (χ0) is 25.4. The van der Waals surface area contributed by atoms with Crippen LogP contribution in [0.25, 0.3) is 17.0 Å². The molecule has 8 heteroatoms. The van der Waals surface area contributed by atoms with Crippen LogP contribution in [0.2, 0.25) is 0 Å². The lowest BCUT2D eigenvalue weighted by Crippen LogP contribution is -2.46. The van der Waals surface area contributed by atoms with E-state index in [1.54, 1.807) is 24.1 Å². The molecule has 7 nitrogen and oxygen atoms in total. The molecule has 0 bridgehead atoms. The molecular formula is C28H25FN4O3. The number of hydrogen-bond donors (Lipinski definition) is 1. The van der Waals surface area contributed by atoms with Gasteiger partial charge >= 0.3 is 6.03 Å². The average molecular weight is 485 g/mol. The molecule has 3 aromatic carbocycles. The summed E-state index contributed by atoms with van der Waals surface area (Å²) in [5, 5.41) is 7.24. The summed E-state index contributed by atoms with van der Waals surface area (Å²) in [4.78, 5) is 19.7. The first kappa shape index (κ1) is 23.3. The van der Waals surface area contributed by atoms with E-state index in [2.05, 4.69) is 21.5 Å². The molecule has 1 unspecified atom stereocenters. The number of rotatable bonds is 5. The Morgan fingerprint density at radius 1 is 0.972 bits per heavy atom. The Bertz CT molecular complexity index is 1440. The second-order valence-corrected chi connectivity index (χ2v) is 8.77. The topological polar surface area (TPSA) is 80.5 Å². The number of amides is 2. The van der Waals surface area contributed by atoms with E-state index in [-0.39, 0.29) is 17.7 Å². The maximum Gasteiger partial charge on any atom is 0.326 e. The minimum atomic E-state index is -0.535. The van der Waals surface area contributed by atoms with E-state index in [0.717, 1.165) is 22.4 Å². The Hall–Kier alpha value is -4.46. The van der Waals surface area contributed by atoms with Gasteiger partial charge in [0.25, 0.3) is 5.89 Å². The van der Waals surface area contributed by atoms with Crippen molar-refractivity contribution < 1.29 is 18.4 Å². The highest BCUT2D eigenvalue weighted by Crippen LogP contribution is 2.39. The number of carbonyl (C=O) groups excluding carboxylic acids is 1. The molecule has 0 aliphatic carbocycles. The fourth-order valence-corrected chi connectivity index (χ4v) is 4.51. The van der Waals surface area contributed by atoms with Crippen molar-refractivity contribution in [3.05, 3.63) is 101 Å². The van der Waals surface area contributed by atoms with E-state index in [0.29, 0.717) is 28.4 Å². The summed E-state index contributed by atoms with van der Waals surface area (Å²) in [6.45, 7) is 5.85. The molecule has 0 saturated heterocycles. The number of methoxy groups -OCH3 is 1. The maximum absolute atomic E-state index is 13.4. The Kier molecular flexibility index (Phi) is 6.01. The van der Waals surface area contributed by atoms with Crippen molar-refractivity contribution >= 4 is 17.3 Å². The molecule has 0 radical (unpaired) electrons. The summed E-state index contributed by atoms with van der Waals surface area (Å²) >= 11 is 0. The summed E-state index contributed by atoms with van der Waals surface area (Å²) in [7, 11) is 1.60. The molecule has 0 fully saturated rings. The highest BCUT2D eigenvalue weighted by Gasteiger charge is 2.36. The summed E-state index contributed by atoms with van der Waals surface area (Å²) in [6.07, 6.45) is 0. The number of aryl methyl sites for hydroxylation is 2. The highest BCUT2D eigenvalue weighted by atomic mass is 19.1. The van der Waals surface area contributed by atoms with Crippen LogP contribution in [0.3, 0.4) is 0 Å². The van der Waals surface area contributed by atoms with E-state index < -0.39 is 6.04 Å². The molecule has 1 atom stereocenters. The fraction of sp³-hybridized carbons (Fsp3) is 0.179. The van der Waals surface area contributed by atoms with E-state index in [4.69, 9.17) is 9.26 Å². The van der Waals surface area contributed by atoms with Gasteiger partial charge in [0.1, 0.15) is 11.6 Å². The predicted octanol–water partition coefficient (Wildman–Crippen LogP) is 6.20. The molecule has 5 rings (SSSR count). The lowest BCUT2D eigenvalue weighted by atomic mass is 9.94. The van der Waals surface area contributed by atoms with E-state index in [1.807, 2.05) is 57.2 Å². The van der Waals surface area contributed by atoms with Crippen LogP contribution in [0.4, 0.5) is 14.9 Å². The Labute approximate surface area is 208 Å². The summed E-state index contributed by atoms with van der Waals surface area (Å²) < 4.78 is 24.4. The zero-order valence-electron chi connectivity index (χ0n) is 20.4. The summed E-state index contributed by atoms with van der Waals surface area (Å²) in [6, 6.07) is 18.5. The number of aromatic nitrogens is 2. The smallest absolute Gasteiger partial charge is 0.326 e. The Balaban J connectivity index is 1.65. The largest absolute Gasteiger partial charge is 0.497 e. The van der Waals surface area contributed by atoms with Gasteiger partial charge in [-0.15, -0.1) is 0 Å². The molecule has 0 spiro atoms. The fourth-order valence-electron chi connectivity index (χ4n) is 4.51. The third-order valence-corrected chi connectivity index (χ3v) is 6.16. The number of halogens is 1. The number of urea groups is 1. The van der Waals surface area contributed by atoms with Gasteiger partial charge in [0.2, 0.25) is 5.82 Å². The molecule has 182 valence electrons. The second-order valence-electron chi connectivity index (χ2n) is 8.77. The molecule has 2 amide bonds. The SMILES string of the molecule is COc1ccc(C2NC(=O)N(c3cc(C)cc(C)c3)C(C)=C2c2nc(-c3ccc(F)cc3)no2)cc1. The number of benzene rings is 3. The molecule has 1 aliphatic heterocycles. The number of allylic oxidation sites excluding steroid dienone is 1. The number of hydrogen-bond acceptors (Lipinski definition) is 5. The van der Waals surface area contributed by atoms with Crippen molar-refractivity contribution in [2.75, 3.05) is 12.0 Å². The third-order valence-electron chi connectivity index (χ3n) is 6.16. The lowest BCUT2D eigenvalue weighted by molar-refractivity contribution is 0.244. The maximum atomic E-state index is 13.4. The molecule has 2 heterocycles. The second kappa shape index (κ2) is 9.30. The molecule has 4 aromatic rings. The third kappa shape index (κ3) is 4.33. The van der Waals surface area contributed by atoms with Gasteiger partial charge in [-0.2, -0.15) is 4.98 Å². The van der Waals surface area contributed by atoms with E-state index in [9.17, 15) is 9.18 Å². The quantitative estimate of drug-likeness (QED) is 0.365. The van der Waals surface area contributed by atoms with Crippen molar-refractivity contribution in [3.63, 3.8) is 0 Å². The van der Waals surface area contributed by atoms with Crippen molar-refractivity contribution in [2.45, 2.75) is 26.8 Å². The van der Waals surface area contributed by atoms with Crippen LogP contribution in [0, 0.1) is 19.7 Å². The van der Waals surface area contributed by atoms with Crippen molar-refractivity contribution in [1.29, 1.82) is 0 Å². The van der Waals surface area contributed by atoms with E-state index >= 15 is 0 Å². The molecule has 1 aromatic heterocycles. The molecule has 0 saturated carbocycles. The van der Waals surface area contributed by atoms with Crippen molar-refractivity contribution in [2.24, 2.45) is 0 Å². The van der Waals surface area contributed by atoms with Crippen LogP contribution in [0.1, 0.15) is 35.5 Å². The van der Waals surface area contributed by atoms with Gasteiger partial charge in [-0.1, -0.05) is 23.4 Å². The molecule has 1 N–H and O–H groups in total. The Morgan fingerprint density at radius 3 is 2.28 bits per heavy atom. The minimum Gasteiger partial charge on any atom is -0.497 e. The van der Waals surface area contributed by atoms with Crippen LogP contribution in [-0.4, -0.2) is 23.3 Å². The molecular weight excluding hydrogens is 459 g/mol. The van der Waals surface area contributed by atoms with Crippen molar-refractivity contribution in [3.8, 4) is 17.1 Å². The summed E-state index contributed by atoms with van der Waals surface area (Å²) in [5.41, 5.74) is 5.61. The van der Waals surface area contributed by atoms with Gasteiger partial charge in [-0.05, 0) is 86.0 Å². The van der Waals surface area contributed by atoms with E-state index in [1.165, 1.54) is 12.1 Å². The van der Waals surface area contributed by atoms with Crippen LogP contribution in [0.5, 0.6) is 5.75 Å². The molecule has 1 aliphatic rings. The Morgan fingerprint density at radius 2 is 1.64 bits per heavy atom. The minimum absolute atomic E-state index is 0.264. The number of anilines is 1. The van der Waals surface area contributed by atoms with Gasteiger partial charge in [-0.25, -0.2) is 9.18 Å². The van der Waals surface area contributed by atoms with Crippen molar-refractivity contribution in [1.82, 2.24) is 15.5 Å². The number of nitrogens with zero attached hydrogens (tertiary/aromatic N) is 3. The van der Waals surface area contributed by atoms with Crippen LogP contribution in [-0.2, 0) is 0 Å². The standard InChI is InChI=1S/C28H25FN4O3/c1-16-13-17(2)15-22(14-16)33-18(3)24(25(30-28(33)34)19-7-11-23(35-4)12-8-19)27-31-26(32-36-27)20-5-9-21(29)10-6-20/h5-15,25H,1-4H3,(H,30,34). The first-order valence-corrected chi connectivity index (χ1v) is 11.5. The monoisotopic (exact) mass is 484 g/mol. The predicted molar refractivity (Wildman–Crippen MR) is 135 cm³/mol. The van der Waals surface area contributed by atoms with Gasteiger partial charge in [0.15, 0.2) is 0 Å². The lowest BCUT2D eigenvalue weighted by Gasteiger charge is -2.35. The van der Waals surface area contributed by atoms with Crippen LogP contribution >= 0.6 is 0 Å². The van der Waals surface area contributed by atoms with Crippen LogP contribution < -0.4 is 15.0 Å². The number of ether oxygens (including phenoxy) is 1. The normalized spacial score (nSPS) is 15.8. The average Bonchev–Trinajstić information content (AvgIpc) is 3.33. The van der Waals surface area contributed by atoms with Crippen LogP contribution in [0.15, 0.2) is 77.0 Å². The number of carbonyl (C=O) groups is 1. The van der Waals surface area contributed by atoms with Gasteiger partial charge < -0.3 is 14.6 Å². The van der Waals surface area contributed by atoms with Gasteiger partial charge in [0, 0.05) is 11.3 Å². The number of nitrogens with one attached hydrogen (secondary N) is 1. The zero-order valence-corrected chi connectivity index (χ0v) is 20.4. The first-order valence-electron chi connectivity index (χ1n) is 11.5. The first-order chi connectivity index (χ1) is 17.3. The van der Waals surface area contributed by atoms with Gasteiger partial charge in [-0.3, -0.25) is 4.90 Å². The summed E-state index contributed by atoms with van der Waals surface area (Å²) in [5.74, 6) is 0.951. The molecule has 36 heavy (non-hydrogen) atoms. The highest BCUT2D eigenvalue weighted by molar-refractivity contribution is 6.01. The van der Waals surface area contributed by atoms with Gasteiger partial charge in [0.05, 0.1) is 24.4 Å².